The first kappa shape index (κ1) is 14.8. The molecule has 110 valence electrons. The van der Waals surface area contributed by atoms with Crippen LogP contribution in [0.4, 0.5) is 5.82 Å². The van der Waals surface area contributed by atoms with Gasteiger partial charge in [-0.05, 0) is 37.9 Å². The molecule has 5 heteroatoms. The summed E-state index contributed by atoms with van der Waals surface area (Å²) in [4.78, 5) is 18.0. The topological polar surface area (TPSA) is 65.5 Å². The Morgan fingerprint density at radius 2 is 2.20 bits per heavy atom. The van der Waals surface area contributed by atoms with Crippen LogP contribution in [0.25, 0.3) is 0 Å². The van der Waals surface area contributed by atoms with Gasteiger partial charge in [-0.3, -0.25) is 4.90 Å². The Labute approximate surface area is 120 Å². The number of rotatable bonds is 8. The highest BCUT2D eigenvalue weighted by atomic mass is 16.4. The molecule has 0 aliphatic heterocycles. The number of aromatic carboxylic acids is 1. The van der Waals surface area contributed by atoms with E-state index in [1.807, 2.05) is 6.92 Å². The average molecular weight is 277 g/mol. The largest absolute Gasteiger partial charge is 0.478 e. The number of anilines is 1. The van der Waals surface area contributed by atoms with E-state index in [1.165, 1.54) is 12.8 Å². The second-order valence-corrected chi connectivity index (χ2v) is 5.18. The van der Waals surface area contributed by atoms with Crippen molar-refractivity contribution in [2.24, 2.45) is 0 Å². The van der Waals surface area contributed by atoms with Gasteiger partial charge < -0.3 is 10.4 Å². The van der Waals surface area contributed by atoms with Crippen LogP contribution in [0.3, 0.4) is 0 Å². The molecule has 1 aromatic heterocycles. The zero-order valence-electron chi connectivity index (χ0n) is 12.2. The highest BCUT2D eigenvalue weighted by Gasteiger charge is 2.27. The molecule has 0 radical (unpaired) electrons. The smallest absolute Gasteiger partial charge is 0.335 e. The predicted molar refractivity (Wildman–Crippen MR) is 79.3 cm³/mol. The van der Waals surface area contributed by atoms with Crippen molar-refractivity contribution in [3.05, 3.63) is 23.4 Å². The third kappa shape index (κ3) is 3.93. The van der Waals surface area contributed by atoms with Crippen molar-refractivity contribution in [2.75, 3.05) is 25.0 Å². The number of hydrogen-bond donors (Lipinski definition) is 2. The van der Waals surface area contributed by atoms with Crippen molar-refractivity contribution in [1.29, 1.82) is 0 Å². The molecule has 1 aliphatic rings. The molecule has 5 nitrogen and oxygen atoms in total. The lowest BCUT2D eigenvalue weighted by Crippen LogP contribution is -2.31. The van der Waals surface area contributed by atoms with Gasteiger partial charge in [0.2, 0.25) is 0 Å². The number of carboxylic acids is 1. The number of hydrogen-bond acceptors (Lipinski definition) is 4. The van der Waals surface area contributed by atoms with Crippen LogP contribution in [0.15, 0.2) is 12.1 Å². The molecule has 2 N–H and O–H groups in total. The molecular formula is C15H23N3O2. The Kier molecular flexibility index (Phi) is 4.95. The molecule has 1 aliphatic carbocycles. The molecule has 1 heterocycles. The molecule has 0 atom stereocenters. The summed E-state index contributed by atoms with van der Waals surface area (Å²) >= 11 is 0. The quantitative estimate of drug-likeness (QED) is 0.763. The van der Waals surface area contributed by atoms with Crippen molar-refractivity contribution in [1.82, 2.24) is 9.88 Å². The fraction of sp³-hybridized carbons (Fsp3) is 0.600. The van der Waals surface area contributed by atoms with Gasteiger partial charge in [0.15, 0.2) is 0 Å². The number of nitrogens with one attached hydrogen (secondary N) is 1. The summed E-state index contributed by atoms with van der Waals surface area (Å²) < 4.78 is 0. The van der Waals surface area contributed by atoms with Gasteiger partial charge >= 0.3 is 5.97 Å². The van der Waals surface area contributed by atoms with Gasteiger partial charge in [-0.2, -0.15) is 0 Å². The van der Waals surface area contributed by atoms with Gasteiger partial charge in [0.1, 0.15) is 5.82 Å². The summed E-state index contributed by atoms with van der Waals surface area (Å²) in [5.74, 6) is -0.244. The maximum absolute atomic E-state index is 11.1. The first-order chi connectivity index (χ1) is 9.63. The van der Waals surface area contributed by atoms with E-state index in [9.17, 15) is 4.79 Å². The van der Waals surface area contributed by atoms with Gasteiger partial charge in [0.05, 0.1) is 5.56 Å². The number of carbonyl (C=O) groups is 1. The summed E-state index contributed by atoms with van der Waals surface area (Å²) in [6.45, 7) is 6.99. The van der Waals surface area contributed by atoms with Crippen LogP contribution in [0, 0.1) is 0 Å². The SMILES string of the molecule is CCc1cc(C(=O)O)cc(NCCN(CC)C2CC2)n1. The summed E-state index contributed by atoms with van der Waals surface area (Å²) in [7, 11) is 0. The highest BCUT2D eigenvalue weighted by molar-refractivity contribution is 5.88. The lowest BCUT2D eigenvalue weighted by Gasteiger charge is -2.20. The van der Waals surface area contributed by atoms with E-state index in [0.29, 0.717) is 11.4 Å². The molecule has 1 saturated carbocycles. The van der Waals surface area contributed by atoms with Crippen LogP contribution in [-0.2, 0) is 6.42 Å². The number of aromatic nitrogens is 1. The number of likely N-dealkylation sites (N-methyl/N-ethyl adjacent to an activating group) is 1. The molecule has 2 rings (SSSR count). The molecule has 1 aromatic rings. The van der Waals surface area contributed by atoms with Crippen LogP contribution in [0.5, 0.6) is 0 Å². The summed E-state index contributed by atoms with van der Waals surface area (Å²) in [6.07, 6.45) is 3.35. The minimum absolute atomic E-state index is 0.300. The summed E-state index contributed by atoms with van der Waals surface area (Å²) in [5.41, 5.74) is 1.11. The minimum Gasteiger partial charge on any atom is -0.478 e. The maximum Gasteiger partial charge on any atom is 0.335 e. The monoisotopic (exact) mass is 277 g/mol. The zero-order valence-corrected chi connectivity index (χ0v) is 12.2. The highest BCUT2D eigenvalue weighted by Crippen LogP contribution is 2.26. The Balaban J connectivity index is 1.94. The third-order valence-electron chi connectivity index (χ3n) is 3.66. The normalized spacial score (nSPS) is 14.6. The molecule has 0 aromatic carbocycles. The lowest BCUT2D eigenvalue weighted by molar-refractivity contribution is 0.0696. The van der Waals surface area contributed by atoms with Crippen LogP contribution in [-0.4, -0.2) is 46.6 Å². The van der Waals surface area contributed by atoms with E-state index in [1.54, 1.807) is 12.1 Å². The number of pyridine rings is 1. The molecule has 0 spiro atoms. The van der Waals surface area contributed by atoms with Gasteiger partial charge in [-0.1, -0.05) is 13.8 Å². The van der Waals surface area contributed by atoms with E-state index < -0.39 is 5.97 Å². The van der Waals surface area contributed by atoms with E-state index in [4.69, 9.17) is 5.11 Å². The van der Waals surface area contributed by atoms with Gasteiger partial charge in [-0.15, -0.1) is 0 Å². The fourth-order valence-corrected chi connectivity index (χ4v) is 2.35. The molecule has 0 bridgehead atoms. The minimum atomic E-state index is -0.904. The summed E-state index contributed by atoms with van der Waals surface area (Å²) in [6, 6.07) is 4.00. The molecule has 0 saturated heterocycles. The second-order valence-electron chi connectivity index (χ2n) is 5.18. The van der Waals surface area contributed by atoms with E-state index in [-0.39, 0.29) is 0 Å². The summed E-state index contributed by atoms with van der Waals surface area (Å²) in [5, 5.41) is 12.3. The molecule has 1 fully saturated rings. The Hall–Kier alpha value is -1.62. The van der Waals surface area contributed by atoms with Crippen LogP contribution < -0.4 is 5.32 Å². The van der Waals surface area contributed by atoms with E-state index in [2.05, 4.69) is 22.1 Å². The molecular weight excluding hydrogens is 254 g/mol. The van der Waals surface area contributed by atoms with Crippen molar-refractivity contribution >= 4 is 11.8 Å². The van der Waals surface area contributed by atoms with Gasteiger partial charge in [-0.25, -0.2) is 9.78 Å². The van der Waals surface area contributed by atoms with Crippen molar-refractivity contribution in [3.63, 3.8) is 0 Å². The number of nitrogens with zero attached hydrogens (tertiary/aromatic N) is 2. The molecule has 20 heavy (non-hydrogen) atoms. The Bertz CT molecular complexity index is 472. The van der Waals surface area contributed by atoms with Crippen molar-refractivity contribution in [3.8, 4) is 0 Å². The average Bonchev–Trinajstić information content (AvgIpc) is 3.27. The zero-order chi connectivity index (χ0) is 14.5. The van der Waals surface area contributed by atoms with Crippen molar-refractivity contribution in [2.45, 2.75) is 39.2 Å². The maximum atomic E-state index is 11.1. The van der Waals surface area contributed by atoms with Crippen LogP contribution in [0.1, 0.15) is 42.7 Å². The number of aryl methyl sites for hydroxylation is 1. The Morgan fingerprint density at radius 1 is 1.45 bits per heavy atom. The fourth-order valence-electron chi connectivity index (χ4n) is 2.35. The first-order valence-electron chi connectivity index (χ1n) is 7.36. The number of carboxylic acid groups (broad SMARTS) is 1. The second kappa shape index (κ2) is 6.70. The lowest BCUT2D eigenvalue weighted by atomic mass is 10.2. The molecule has 0 amide bonds. The van der Waals surface area contributed by atoms with Crippen LogP contribution >= 0.6 is 0 Å². The molecule has 0 unspecified atom stereocenters. The Morgan fingerprint density at radius 3 is 2.75 bits per heavy atom. The van der Waals surface area contributed by atoms with Crippen LogP contribution in [0.2, 0.25) is 0 Å². The van der Waals surface area contributed by atoms with Crippen molar-refractivity contribution < 1.29 is 9.90 Å². The van der Waals surface area contributed by atoms with Gasteiger partial charge in [0.25, 0.3) is 0 Å². The predicted octanol–water partition coefficient (Wildman–Crippen LogP) is 2.24. The van der Waals surface area contributed by atoms with Gasteiger partial charge in [0, 0.05) is 24.8 Å². The first-order valence-corrected chi connectivity index (χ1v) is 7.36. The standard InChI is InChI=1S/C15H23N3O2/c1-3-12-9-11(15(19)20)10-14(17-12)16-7-8-18(4-2)13-5-6-13/h9-10,13H,3-8H2,1-2H3,(H,16,17)(H,19,20). The van der Waals surface area contributed by atoms with E-state index >= 15 is 0 Å². The third-order valence-corrected chi connectivity index (χ3v) is 3.66. The van der Waals surface area contributed by atoms with E-state index in [0.717, 1.165) is 37.8 Å².